The fourth-order valence-corrected chi connectivity index (χ4v) is 1.46. The average Bonchev–Trinajstić information content (AvgIpc) is 2.38. The molecule has 0 saturated heterocycles. The van der Waals surface area contributed by atoms with Crippen LogP contribution in [0.15, 0.2) is 36.4 Å². The number of benzene rings is 2. The summed E-state index contributed by atoms with van der Waals surface area (Å²) in [4.78, 5) is 20.7. The van der Waals surface area contributed by atoms with E-state index in [0.717, 1.165) is 0 Å². The number of nitrogen functional groups attached to an aromatic ring is 2. The third-order valence-corrected chi connectivity index (χ3v) is 2.50. The van der Waals surface area contributed by atoms with E-state index in [1.165, 1.54) is 36.4 Å². The first-order valence-corrected chi connectivity index (χ1v) is 5.86. The van der Waals surface area contributed by atoms with Gasteiger partial charge in [0.2, 0.25) is 0 Å². The number of hydrogen-bond donors (Lipinski definition) is 6. The first-order chi connectivity index (χ1) is 10.2. The Morgan fingerprint density at radius 2 is 1.04 bits per heavy atom. The molecular formula is C14H14FeN2O6. The summed E-state index contributed by atoms with van der Waals surface area (Å²) in [6.45, 7) is 0. The molecule has 0 aliphatic carbocycles. The molecule has 0 saturated carbocycles. The molecule has 8 nitrogen and oxygen atoms in total. The largest absolute Gasteiger partial charge is 0.507 e. The van der Waals surface area contributed by atoms with Crippen LogP contribution < -0.4 is 11.5 Å². The third-order valence-electron chi connectivity index (χ3n) is 2.50. The third kappa shape index (κ3) is 5.77. The van der Waals surface area contributed by atoms with Gasteiger partial charge in [-0.3, -0.25) is 0 Å². The van der Waals surface area contributed by atoms with E-state index in [1.807, 2.05) is 0 Å². The molecule has 124 valence electrons. The number of carboxylic acid groups (broad SMARTS) is 2. The second-order valence-electron chi connectivity index (χ2n) is 4.16. The minimum absolute atomic E-state index is 0. The number of aromatic carboxylic acids is 2. The van der Waals surface area contributed by atoms with Gasteiger partial charge in [-0.15, -0.1) is 0 Å². The first kappa shape index (κ1) is 20.1. The van der Waals surface area contributed by atoms with E-state index in [4.69, 9.17) is 31.9 Å². The minimum atomic E-state index is -1.16. The van der Waals surface area contributed by atoms with E-state index in [-0.39, 0.29) is 39.7 Å². The molecule has 0 bridgehead atoms. The summed E-state index contributed by atoms with van der Waals surface area (Å²) < 4.78 is 0. The summed E-state index contributed by atoms with van der Waals surface area (Å²) in [5, 5.41) is 34.9. The van der Waals surface area contributed by atoms with E-state index in [2.05, 4.69) is 0 Å². The molecule has 0 unspecified atom stereocenters. The molecule has 2 aromatic rings. The molecule has 0 atom stereocenters. The van der Waals surface area contributed by atoms with Crippen molar-refractivity contribution in [3.05, 3.63) is 47.5 Å². The van der Waals surface area contributed by atoms with Crippen LogP contribution in [0.2, 0.25) is 0 Å². The van der Waals surface area contributed by atoms with E-state index in [1.54, 1.807) is 0 Å². The molecule has 8 N–H and O–H groups in total. The Labute approximate surface area is 141 Å². The summed E-state index contributed by atoms with van der Waals surface area (Å²) >= 11 is 0. The number of aromatic hydroxyl groups is 2. The molecule has 0 radical (unpaired) electrons. The van der Waals surface area contributed by atoms with Gasteiger partial charge < -0.3 is 31.9 Å². The van der Waals surface area contributed by atoms with Crippen molar-refractivity contribution < 1.29 is 47.1 Å². The van der Waals surface area contributed by atoms with Crippen molar-refractivity contribution in [1.29, 1.82) is 0 Å². The van der Waals surface area contributed by atoms with Gasteiger partial charge in [0, 0.05) is 40.6 Å². The van der Waals surface area contributed by atoms with Gasteiger partial charge in [-0.2, -0.15) is 0 Å². The van der Waals surface area contributed by atoms with Crippen molar-refractivity contribution in [2.24, 2.45) is 0 Å². The zero-order valence-corrected chi connectivity index (χ0v) is 12.7. The van der Waals surface area contributed by atoms with Crippen LogP contribution in [0.1, 0.15) is 20.7 Å². The molecule has 0 spiro atoms. The SMILES string of the molecule is Nc1ccc(C(=O)O)c(O)c1.Nc1ccc(C(=O)O)c(O)c1.[Fe]. The van der Waals surface area contributed by atoms with Crippen molar-refractivity contribution in [3.63, 3.8) is 0 Å². The molecule has 0 aliphatic rings. The zero-order valence-electron chi connectivity index (χ0n) is 11.6. The molecule has 0 amide bonds. The number of carbonyl (C=O) groups is 2. The second kappa shape index (κ2) is 8.52. The molecule has 0 aliphatic heterocycles. The Morgan fingerprint density at radius 3 is 1.26 bits per heavy atom. The molecule has 2 rings (SSSR count). The first-order valence-electron chi connectivity index (χ1n) is 5.86. The monoisotopic (exact) mass is 362 g/mol. The number of anilines is 2. The van der Waals surface area contributed by atoms with Crippen LogP contribution in [0, 0.1) is 0 Å². The smallest absolute Gasteiger partial charge is 0.339 e. The predicted octanol–water partition coefficient (Wildman–Crippen LogP) is 1.34. The van der Waals surface area contributed by atoms with E-state index < -0.39 is 11.9 Å². The Morgan fingerprint density at radius 1 is 0.739 bits per heavy atom. The Hall–Kier alpha value is -2.90. The number of phenols is 2. The molecule has 0 heterocycles. The maximum atomic E-state index is 10.3. The number of rotatable bonds is 2. The van der Waals surface area contributed by atoms with Gasteiger partial charge in [-0.25, -0.2) is 9.59 Å². The fourth-order valence-electron chi connectivity index (χ4n) is 1.46. The van der Waals surface area contributed by atoms with Crippen molar-refractivity contribution in [2.45, 2.75) is 0 Å². The van der Waals surface area contributed by atoms with Gasteiger partial charge in [0.15, 0.2) is 0 Å². The predicted molar refractivity (Wildman–Crippen MR) is 79.0 cm³/mol. The zero-order chi connectivity index (χ0) is 16.9. The van der Waals surface area contributed by atoms with Crippen molar-refractivity contribution in [1.82, 2.24) is 0 Å². The standard InChI is InChI=1S/2C7H7NO3.Fe/c2*8-4-1-2-5(7(10)11)6(9)3-4;/h2*1-3,9H,8H2,(H,10,11);. The second-order valence-corrected chi connectivity index (χ2v) is 4.16. The number of nitrogens with two attached hydrogens (primary N) is 2. The van der Waals surface area contributed by atoms with Crippen LogP contribution in [0.25, 0.3) is 0 Å². The van der Waals surface area contributed by atoms with Gasteiger partial charge in [0.1, 0.15) is 22.6 Å². The topological polar surface area (TPSA) is 167 Å². The molecule has 9 heteroatoms. The quantitative estimate of drug-likeness (QED) is 0.344. The minimum Gasteiger partial charge on any atom is -0.507 e. The van der Waals surface area contributed by atoms with Gasteiger partial charge in [-0.1, -0.05) is 0 Å². The van der Waals surface area contributed by atoms with Crippen LogP contribution in [0.4, 0.5) is 11.4 Å². The average molecular weight is 362 g/mol. The van der Waals surface area contributed by atoms with Crippen molar-refractivity contribution in [2.75, 3.05) is 11.5 Å². The number of hydrogen-bond acceptors (Lipinski definition) is 6. The van der Waals surface area contributed by atoms with Crippen LogP contribution in [0.5, 0.6) is 11.5 Å². The van der Waals surface area contributed by atoms with Gasteiger partial charge in [0.25, 0.3) is 0 Å². The normalized spacial score (nSPS) is 9.04. The van der Waals surface area contributed by atoms with Crippen molar-refractivity contribution in [3.8, 4) is 11.5 Å². The van der Waals surface area contributed by atoms with Crippen molar-refractivity contribution >= 4 is 23.3 Å². The molecule has 23 heavy (non-hydrogen) atoms. The Bertz CT molecular complexity index is 659. The van der Waals surface area contributed by atoms with Crippen LogP contribution in [-0.4, -0.2) is 32.4 Å². The Kier molecular flexibility index (Phi) is 7.45. The fraction of sp³-hybridized carbons (Fsp3) is 0. The molecule has 0 fully saturated rings. The van der Waals surface area contributed by atoms with Crippen LogP contribution >= 0.6 is 0 Å². The molecule has 2 aromatic carbocycles. The summed E-state index contributed by atoms with van der Waals surface area (Å²) in [5.74, 6) is -2.94. The summed E-state index contributed by atoms with van der Waals surface area (Å²) in [6.07, 6.45) is 0. The van der Waals surface area contributed by atoms with Gasteiger partial charge >= 0.3 is 11.9 Å². The molecular weight excluding hydrogens is 348 g/mol. The van der Waals surface area contributed by atoms with E-state index >= 15 is 0 Å². The number of carboxylic acids is 2. The maximum absolute atomic E-state index is 10.3. The van der Waals surface area contributed by atoms with Gasteiger partial charge in [-0.05, 0) is 24.3 Å². The molecule has 0 aromatic heterocycles. The van der Waals surface area contributed by atoms with Gasteiger partial charge in [0.05, 0.1) is 0 Å². The Balaban J connectivity index is 0.000000403. The maximum Gasteiger partial charge on any atom is 0.339 e. The van der Waals surface area contributed by atoms with Crippen LogP contribution in [0.3, 0.4) is 0 Å². The van der Waals surface area contributed by atoms with E-state index in [0.29, 0.717) is 11.4 Å². The summed E-state index contributed by atoms with van der Waals surface area (Å²) in [5.41, 5.74) is 11.0. The summed E-state index contributed by atoms with van der Waals surface area (Å²) in [7, 11) is 0. The summed E-state index contributed by atoms with van der Waals surface area (Å²) in [6, 6.07) is 7.75. The van der Waals surface area contributed by atoms with E-state index in [9.17, 15) is 9.59 Å². The van der Waals surface area contributed by atoms with Crippen LogP contribution in [-0.2, 0) is 17.1 Å².